The summed E-state index contributed by atoms with van der Waals surface area (Å²) in [7, 11) is 4.28. The van der Waals surface area contributed by atoms with Crippen LogP contribution in [0.4, 0.5) is 11.5 Å². The lowest BCUT2D eigenvalue weighted by Crippen LogP contribution is -2.35. The number of rotatable bonds is 7. The van der Waals surface area contributed by atoms with Gasteiger partial charge in [-0.2, -0.15) is 0 Å². The summed E-state index contributed by atoms with van der Waals surface area (Å²) in [5.41, 5.74) is 3.22. The van der Waals surface area contributed by atoms with Crippen LogP contribution in [-0.2, 0) is 4.79 Å². The third-order valence-corrected chi connectivity index (χ3v) is 5.70. The summed E-state index contributed by atoms with van der Waals surface area (Å²) in [6.07, 6.45) is 3.74. The zero-order valence-corrected chi connectivity index (χ0v) is 17.6. The topological polar surface area (TPSA) is 80.4 Å². The third-order valence-electron chi connectivity index (χ3n) is 5.70. The first-order chi connectivity index (χ1) is 14.6. The van der Waals surface area contributed by atoms with E-state index in [1.165, 1.54) is 13.0 Å². The largest absolute Gasteiger partial charge is 0.358 e. The van der Waals surface area contributed by atoms with Gasteiger partial charge in [-0.25, -0.2) is 9.97 Å². The third kappa shape index (κ3) is 4.60. The Hall–Kier alpha value is -2.97. The van der Waals surface area contributed by atoms with Crippen molar-refractivity contribution in [2.24, 2.45) is 0 Å². The van der Waals surface area contributed by atoms with Crippen molar-refractivity contribution in [3.05, 3.63) is 36.5 Å². The summed E-state index contributed by atoms with van der Waals surface area (Å²) in [5.74, 6) is 1.69. The molecule has 0 saturated carbocycles. The van der Waals surface area contributed by atoms with Gasteiger partial charge in [-0.05, 0) is 50.8 Å². The number of anilines is 2. The van der Waals surface area contributed by atoms with Gasteiger partial charge in [-0.1, -0.05) is 6.07 Å². The minimum Gasteiger partial charge on any atom is -0.358 e. The molecule has 1 aliphatic heterocycles. The number of hydrogen-bond donors (Lipinski definition) is 2. The number of nitrogens with one attached hydrogen (secondary N) is 2. The predicted molar refractivity (Wildman–Crippen MR) is 121 cm³/mol. The normalized spacial score (nSPS) is 15.8. The number of imidazole rings is 1. The number of amides is 1. The van der Waals surface area contributed by atoms with Crippen LogP contribution >= 0.6 is 0 Å². The van der Waals surface area contributed by atoms with Gasteiger partial charge in [-0.15, -0.1) is 0 Å². The molecular weight excluding hydrogens is 378 g/mol. The van der Waals surface area contributed by atoms with E-state index >= 15 is 0 Å². The highest BCUT2D eigenvalue weighted by molar-refractivity contribution is 5.94. The second-order valence-electron chi connectivity index (χ2n) is 7.87. The Labute approximate surface area is 176 Å². The maximum absolute atomic E-state index is 10.8. The van der Waals surface area contributed by atoms with Gasteiger partial charge >= 0.3 is 0 Å². The average Bonchev–Trinajstić information content (AvgIpc) is 3.10. The van der Waals surface area contributed by atoms with E-state index in [1.54, 1.807) is 0 Å². The number of fused-ring (bicyclic) bond motifs is 1. The lowest BCUT2D eigenvalue weighted by molar-refractivity contribution is -0.105. The first kappa shape index (κ1) is 20.3. The molecule has 0 bridgehead atoms. The molecule has 4 rings (SSSR count). The van der Waals surface area contributed by atoms with Crippen molar-refractivity contribution in [1.29, 1.82) is 0 Å². The summed E-state index contributed by atoms with van der Waals surface area (Å²) in [6, 6.07) is 9.72. The van der Waals surface area contributed by atoms with Crippen LogP contribution in [0.3, 0.4) is 0 Å². The summed E-state index contributed by atoms with van der Waals surface area (Å²) in [4.78, 5) is 30.5. The second-order valence-corrected chi connectivity index (χ2v) is 7.87. The Bertz CT molecular complexity index is 985. The Morgan fingerprint density at radius 2 is 2.10 bits per heavy atom. The molecule has 1 amide bonds. The molecule has 1 aliphatic rings. The quantitative estimate of drug-likeness (QED) is 0.585. The first-order valence-corrected chi connectivity index (χ1v) is 10.4. The van der Waals surface area contributed by atoms with Crippen LogP contribution in [0.15, 0.2) is 36.5 Å². The number of carbonyl (C=O) groups is 1. The molecule has 0 atom stereocenters. The smallest absolute Gasteiger partial charge is 0.211 e. The number of aromatic nitrogens is 3. The molecule has 30 heavy (non-hydrogen) atoms. The van der Waals surface area contributed by atoms with Crippen molar-refractivity contribution in [2.75, 3.05) is 63.6 Å². The zero-order chi connectivity index (χ0) is 20.9. The zero-order valence-electron chi connectivity index (χ0n) is 17.6. The van der Waals surface area contributed by atoms with Gasteiger partial charge in [0.2, 0.25) is 6.41 Å². The van der Waals surface area contributed by atoms with Crippen molar-refractivity contribution in [2.45, 2.75) is 6.42 Å². The maximum atomic E-state index is 10.8. The van der Waals surface area contributed by atoms with Gasteiger partial charge < -0.3 is 25.0 Å². The molecule has 8 nitrogen and oxygen atoms in total. The summed E-state index contributed by atoms with van der Waals surface area (Å²) in [5, 5.41) is 2.69. The highest BCUT2D eigenvalue weighted by Crippen LogP contribution is 2.26. The monoisotopic (exact) mass is 407 g/mol. The number of hydrogen-bond acceptors (Lipinski definition) is 6. The van der Waals surface area contributed by atoms with E-state index in [0.717, 1.165) is 61.0 Å². The molecule has 3 aromatic rings. The number of H-pyrrole nitrogens is 1. The molecule has 1 aromatic carbocycles. The number of carbonyl (C=O) groups excluding carboxylic acids is 1. The van der Waals surface area contributed by atoms with Crippen LogP contribution in [0.25, 0.3) is 22.4 Å². The van der Waals surface area contributed by atoms with Gasteiger partial charge in [0.05, 0.1) is 11.2 Å². The number of likely N-dealkylation sites (N-methyl/N-ethyl adjacent to an activating group) is 2. The average molecular weight is 408 g/mol. The van der Waals surface area contributed by atoms with E-state index in [0.29, 0.717) is 12.1 Å². The highest BCUT2D eigenvalue weighted by atomic mass is 16.1. The SMILES string of the molecule is CN1CCCN(CCN(C)c2ccc(-c3nc4c(NC=O)cccc4[nH]3)cn2)CC1. The maximum Gasteiger partial charge on any atom is 0.211 e. The Balaban J connectivity index is 1.41. The van der Waals surface area contributed by atoms with E-state index < -0.39 is 0 Å². The van der Waals surface area contributed by atoms with Crippen molar-refractivity contribution in [3.8, 4) is 11.4 Å². The molecule has 2 aromatic heterocycles. The highest BCUT2D eigenvalue weighted by Gasteiger charge is 2.14. The fourth-order valence-corrected chi connectivity index (χ4v) is 3.83. The minimum atomic E-state index is 0.666. The molecule has 1 saturated heterocycles. The first-order valence-electron chi connectivity index (χ1n) is 10.4. The van der Waals surface area contributed by atoms with Crippen LogP contribution in [-0.4, -0.2) is 84.5 Å². The van der Waals surface area contributed by atoms with E-state index in [-0.39, 0.29) is 0 Å². The Morgan fingerprint density at radius 1 is 1.20 bits per heavy atom. The number of benzene rings is 1. The van der Waals surface area contributed by atoms with Crippen LogP contribution in [0.5, 0.6) is 0 Å². The summed E-state index contributed by atoms with van der Waals surface area (Å²) < 4.78 is 0. The van der Waals surface area contributed by atoms with Crippen molar-refractivity contribution in [3.63, 3.8) is 0 Å². The number of pyridine rings is 1. The molecule has 158 valence electrons. The van der Waals surface area contributed by atoms with E-state index in [1.807, 2.05) is 36.5 Å². The number of aromatic amines is 1. The fraction of sp³-hybridized carbons (Fsp3) is 0.409. The van der Waals surface area contributed by atoms with E-state index in [9.17, 15) is 4.79 Å². The van der Waals surface area contributed by atoms with Crippen LogP contribution < -0.4 is 10.2 Å². The molecule has 0 radical (unpaired) electrons. The molecule has 0 unspecified atom stereocenters. The molecule has 2 N–H and O–H groups in total. The van der Waals surface area contributed by atoms with Gasteiger partial charge in [0.25, 0.3) is 0 Å². The van der Waals surface area contributed by atoms with Gasteiger partial charge in [0.1, 0.15) is 17.2 Å². The number of para-hydroxylation sites is 1. The number of nitrogens with zero attached hydrogens (tertiary/aromatic N) is 5. The lowest BCUT2D eigenvalue weighted by atomic mass is 10.2. The second kappa shape index (κ2) is 9.23. The molecule has 3 heterocycles. The Kier molecular flexibility index (Phi) is 6.25. The molecule has 8 heteroatoms. The van der Waals surface area contributed by atoms with Gasteiger partial charge in [0, 0.05) is 45.0 Å². The molecule has 0 aliphatic carbocycles. The summed E-state index contributed by atoms with van der Waals surface area (Å²) >= 11 is 0. The standard InChI is InChI=1S/C22H29N7O/c1-27-9-4-10-29(13-11-27)14-12-28(2)20-8-7-17(15-23-20)22-25-19-6-3-5-18(24-16-30)21(19)26-22/h3,5-8,15-16H,4,9-14H2,1-2H3,(H,24,30)(H,25,26). The fourth-order valence-electron chi connectivity index (χ4n) is 3.83. The van der Waals surface area contributed by atoms with E-state index in [2.05, 4.69) is 49.1 Å². The van der Waals surface area contributed by atoms with Crippen LogP contribution in [0.2, 0.25) is 0 Å². The molecule has 0 spiro atoms. The van der Waals surface area contributed by atoms with Crippen molar-refractivity contribution >= 4 is 28.9 Å². The molecular formula is C22H29N7O. The lowest BCUT2D eigenvalue weighted by Gasteiger charge is -2.24. The van der Waals surface area contributed by atoms with Crippen molar-refractivity contribution < 1.29 is 4.79 Å². The predicted octanol–water partition coefficient (Wildman–Crippen LogP) is 2.27. The minimum absolute atomic E-state index is 0.666. The van der Waals surface area contributed by atoms with E-state index in [4.69, 9.17) is 0 Å². The van der Waals surface area contributed by atoms with Gasteiger partial charge in [-0.3, -0.25) is 4.79 Å². The Morgan fingerprint density at radius 3 is 2.90 bits per heavy atom. The van der Waals surface area contributed by atoms with Crippen LogP contribution in [0, 0.1) is 0 Å². The van der Waals surface area contributed by atoms with Crippen LogP contribution in [0.1, 0.15) is 6.42 Å². The molecule has 1 fully saturated rings. The summed E-state index contributed by atoms with van der Waals surface area (Å²) in [6.45, 7) is 6.61. The van der Waals surface area contributed by atoms with Crippen molar-refractivity contribution in [1.82, 2.24) is 24.8 Å². The van der Waals surface area contributed by atoms with Gasteiger partial charge in [0.15, 0.2) is 0 Å².